The number of amides is 1. The summed E-state index contributed by atoms with van der Waals surface area (Å²) in [4.78, 5) is 28.2. The van der Waals surface area contributed by atoms with Crippen molar-refractivity contribution in [2.75, 3.05) is 33.8 Å². The zero-order valence-electron chi connectivity index (χ0n) is 15.1. The van der Waals surface area contributed by atoms with E-state index in [4.69, 9.17) is 17.0 Å². The minimum absolute atomic E-state index is 0.156. The highest BCUT2D eigenvalue weighted by Gasteiger charge is 2.33. The van der Waals surface area contributed by atoms with Gasteiger partial charge in [-0.25, -0.2) is 0 Å². The van der Waals surface area contributed by atoms with Crippen molar-refractivity contribution in [3.63, 3.8) is 0 Å². The second-order valence-corrected chi connectivity index (χ2v) is 7.77. The molecule has 7 heteroatoms. The quantitative estimate of drug-likeness (QED) is 0.405. The molecule has 0 saturated carbocycles. The monoisotopic (exact) mass is 390 g/mol. The van der Waals surface area contributed by atoms with E-state index in [1.807, 2.05) is 62.3 Å². The van der Waals surface area contributed by atoms with Gasteiger partial charge in [0.2, 0.25) is 0 Å². The summed E-state index contributed by atoms with van der Waals surface area (Å²) in [5.41, 5.74) is 1.99. The van der Waals surface area contributed by atoms with E-state index >= 15 is 0 Å². The molecular formula is C19H22N2O3S2. The number of thioether (sulfide) groups is 1. The first-order chi connectivity index (χ1) is 12.4. The van der Waals surface area contributed by atoms with E-state index in [-0.39, 0.29) is 19.1 Å². The Labute approximate surface area is 163 Å². The molecule has 0 bridgehead atoms. The summed E-state index contributed by atoms with van der Waals surface area (Å²) in [5, 5.41) is 0. The van der Waals surface area contributed by atoms with Crippen LogP contribution in [0.4, 0.5) is 0 Å². The highest BCUT2D eigenvalue weighted by atomic mass is 32.2. The minimum atomic E-state index is -0.457. The first-order valence-electron chi connectivity index (χ1n) is 8.16. The van der Waals surface area contributed by atoms with Gasteiger partial charge >= 0.3 is 5.97 Å². The number of rotatable bonds is 7. The fraction of sp³-hybridized carbons (Fsp3) is 0.316. The minimum Gasteiger partial charge on any atom is -0.463 e. The second-order valence-electron chi connectivity index (χ2n) is 6.09. The number of hydrogen-bond acceptors (Lipinski definition) is 6. The average molecular weight is 391 g/mol. The normalized spacial score (nSPS) is 16.7. The predicted octanol–water partition coefficient (Wildman–Crippen LogP) is 2.94. The van der Waals surface area contributed by atoms with Crippen molar-refractivity contribution < 1.29 is 14.3 Å². The van der Waals surface area contributed by atoms with E-state index in [1.165, 1.54) is 16.7 Å². The molecule has 0 atom stereocenters. The Morgan fingerprint density at radius 3 is 2.65 bits per heavy atom. The molecule has 1 aromatic carbocycles. The third-order valence-corrected chi connectivity index (χ3v) is 4.89. The Morgan fingerprint density at radius 1 is 1.31 bits per heavy atom. The molecular weight excluding hydrogens is 368 g/mol. The number of benzene rings is 1. The number of carbonyl (C=O) groups excluding carboxylic acids is 2. The van der Waals surface area contributed by atoms with Crippen LogP contribution >= 0.6 is 24.0 Å². The Balaban J connectivity index is 1.99. The summed E-state index contributed by atoms with van der Waals surface area (Å²) in [6.07, 6.45) is 3.78. The standard InChI is InChI=1S/C19H22N2O3S2/c1-14(11-15-7-5-4-6-8-15)12-16-18(23)21(19(25)26-16)13-17(22)24-10-9-20(2)3/h4-8,11-12H,9-10,13H2,1-3H3/b14-11+,16-12-. The van der Waals surface area contributed by atoms with Crippen molar-refractivity contribution in [1.82, 2.24) is 9.80 Å². The summed E-state index contributed by atoms with van der Waals surface area (Å²) in [6, 6.07) is 9.86. The van der Waals surface area contributed by atoms with Crippen LogP contribution in [0.3, 0.4) is 0 Å². The van der Waals surface area contributed by atoms with Crippen LogP contribution in [0.2, 0.25) is 0 Å². The van der Waals surface area contributed by atoms with Gasteiger partial charge in [-0.2, -0.15) is 0 Å². The molecule has 0 unspecified atom stereocenters. The summed E-state index contributed by atoms with van der Waals surface area (Å²) < 4.78 is 5.51. The largest absolute Gasteiger partial charge is 0.463 e. The van der Waals surface area contributed by atoms with Gasteiger partial charge in [-0.3, -0.25) is 14.5 Å². The molecule has 0 radical (unpaired) electrons. The maximum absolute atomic E-state index is 12.5. The molecule has 1 aromatic rings. The smallest absolute Gasteiger partial charge is 0.326 e. The molecule has 2 rings (SSSR count). The van der Waals surface area contributed by atoms with E-state index in [0.29, 0.717) is 15.8 Å². The van der Waals surface area contributed by atoms with Crippen LogP contribution in [-0.2, 0) is 14.3 Å². The molecule has 1 aliphatic heterocycles. The third-order valence-electron chi connectivity index (χ3n) is 3.52. The van der Waals surface area contributed by atoms with Gasteiger partial charge in [0, 0.05) is 6.54 Å². The van der Waals surface area contributed by atoms with Crippen LogP contribution in [0.25, 0.3) is 6.08 Å². The summed E-state index contributed by atoms with van der Waals surface area (Å²) in [5.74, 6) is -0.716. The molecule has 1 saturated heterocycles. The number of ether oxygens (including phenoxy) is 1. The zero-order valence-corrected chi connectivity index (χ0v) is 16.7. The molecule has 0 spiro atoms. The molecule has 26 heavy (non-hydrogen) atoms. The Kier molecular flexibility index (Phi) is 7.56. The molecule has 0 aromatic heterocycles. The highest BCUT2D eigenvalue weighted by molar-refractivity contribution is 8.26. The van der Waals surface area contributed by atoms with E-state index in [2.05, 4.69) is 0 Å². The van der Waals surface area contributed by atoms with Crippen molar-refractivity contribution in [1.29, 1.82) is 0 Å². The molecule has 1 fully saturated rings. The van der Waals surface area contributed by atoms with Gasteiger partial charge in [0.25, 0.3) is 5.91 Å². The lowest BCUT2D eigenvalue weighted by atomic mass is 10.1. The SMILES string of the molecule is CC(/C=C1\SC(=S)N(CC(=O)OCCN(C)C)C1=O)=C\c1ccccc1. The number of likely N-dealkylation sites (N-methyl/N-ethyl adjacent to an activating group) is 1. The van der Waals surface area contributed by atoms with Crippen LogP contribution in [0.5, 0.6) is 0 Å². The van der Waals surface area contributed by atoms with Crippen molar-refractivity contribution in [2.45, 2.75) is 6.92 Å². The second kappa shape index (κ2) is 9.66. The lowest BCUT2D eigenvalue weighted by Gasteiger charge is -2.14. The van der Waals surface area contributed by atoms with Gasteiger partial charge in [0.05, 0.1) is 4.91 Å². The van der Waals surface area contributed by atoms with Crippen LogP contribution in [0, 0.1) is 0 Å². The molecule has 0 aliphatic carbocycles. The predicted molar refractivity (Wildman–Crippen MR) is 110 cm³/mol. The third kappa shape index (κ3) is 6.09. The van der Waals surface area contributed by atoms with Crippen molar-refractivity contribution in [3.05, 3.63) is 52.4 Å². The Bertz CT molecular complexity index is 742. The number of hydrogen-bond donors (Lipinski definition) is 0. The lowest BCUT2D eigenvalue weighted by molar-refractivity contribution is -0.146. The van der Waals surface area contributed by atoms with Gasteiger partial charge in [0.15, 0.2) is 0 Å². The number of thiocarbonyl (C=S) groups is 1. The Morgan fingerprint density at radius 2 is 2.00 bits per heavy atom. The molecule has 1 heterocycles. The van der Waals surface area contributed by atoms with Crippen molar-refractivity contribution in [3.8, 4) is 0 Å². The Hall–Kier alpha value is -1.96. The van der Waals surface area contributed by atoms with Crippen LogP contribution in [0.1, 0.15) is 12.5 Å². The van der Waals surface area contributed by atoms with Crippen LogP contribution < -0.4 is 0 Å². The maximum Gasteiger partial charge on any atom is 0.326 e. The number of carbonyl (C=O) groups is 2. The van der Waals surface area contributed by atoms with Gasteiger partial charge in [-0.1, -0.05) is 60.4 Å². The number of nitrogens with zero attached hydrogens (tertiary/aromatic N) is 2. The van der Waals surface area contributed by atoms with Gasteiger partial charge < -0.3 is 9.64 Å². The first kappa shape index (κ1) is 20.4. The molecule has 0 N–H and O–H groups in total. The maximum atomic E-state index is 12.5. The van der Waals surface area contributed by atoms with Crippen molar-refractivity contribution >= 4 is 46.3 Å². The fourth-order valence-electron chi connectivity index (χ4n) is 2.21. The topological polar surface area (TPSA) is 49.9 Å². The number of allylic oxidation sites excluding steroid dienone is 2. The molecule has 1 amide bonds. The van der Waals surface area contributed by atoms with E-state index in [0.717, 1.165) is 11.1 Å². The molecule has 1 aliphatic rings. The average Bonchev–Trinajstić information content (AvgIpc) is 2.83. The number of esters is 1. The van der Waals surface area contributed by atoms with Gasteiger partial charge in [-0.05, 0) is 38.2 Å². The highest BCUT2D eigenvalue weighted by Crippen LogP contribution is 2.31. The summed E-state index contributed by atoms with van der Waals surface area (Å²) >= 11 is 6.44. The summed E-state index contributed by atoms with van der Waals surface area (Å²) in [6.45, 7) is 2.69. The lowest BCUT2D eigenvalue weighted by Crippen LogP contribution is -2.35. The van der Waals surface area contributed by atoms with E-state index in [9.17, 15) is 9.59 Å². The molecule has 5 nitrogen and oxygen atoms in total. The van der Waals surface area contributed by atoms with Crippen molar-refractivity contribution in [2.24, 2.45) is 0 Å². The first-order valence-corrected chi connectivity index (χ1v) is 9.38. The van der Waals surface area contributed by atoms with E-state index in [1.54, 1.807) is 6.08 Å². The van der Waals surface area contributed by atoms with Gasteiger partial charge in [-0.15, -0.1) is 0 Å². The zero-order chi connectivity index (χ0) is 19.1. The van der Waals surface area contributed by atoms with Gasteiger partial charge in [0.1, 0.15) is 17.5 Å². The summed E-state index contributed by atoms with van der Waals surface area (Å²) in [7, 11) is 3.79. The van der Waals surface area contributed by atoms with E-state index < -0.39 is 5.97 Å². The molecule has 138 valence electrons. The fourth-order valence-corrected chi connectivity index (χ4v) is 3.52. The van der Waals surface area contributed by atoms with Crippen LogP contribution in [0.15, 0.2) is 46.9 Å². The van der Waals surface area contributed by atoms with Crippen LogP contribution in [-0.4, -0.2) is 59.8 Å².